The summed E-state index contributed by atoms with van der Waals surface area (Å²) < 4.78 is 14.0. The summed E-state index contributed by atoms with van der Waals surface area (Å²) in [6, 6.07) is 11.2. The molecule has 1 aromatic rings. The minimum atomic E-state index is -1.75. The third-order valence-corrected chi connectivity index (χ3v) is 17.4. The largest absolute Gasteiger partial charge is 0.413 e. The summed E-state index contributed by atoms with van der Waals surface area (Å²) in [6.07, 6.45) is 14.9. The van der Waals surface area contributed by atoms with Crippen molar-refractivity contribution >= 4 is 8.32 Å². The van der Waals surface area contributed by atoms with Gasteiger partial charge < -0.3 is 9.16 Å². The monoisotopic (exact) mass is 538 g/mol. The summed E-state index contributed by atoms with van der Waals surface area (Å²) in [5, 5.41) is 0.290. The average Bonchev–Trinajstić information content (AvgIpc) is 3.19. The van der Waals surface area contributed by atoms with E-state index < -0.39 is 8.32 Å². The second-order valence-corrected chi connectivity index (χ2v) is 20.8. The van der Waals surface area contributed by atoms with Crippen LogP contribution in [0.25, 0.3) is 0 Å². The highest BCUT2D eigenvalue weighted by Crippen LogP contribution is 2.68. The third-order valence-electron chi connectivity index (χ3n) is 12.9. The van der Waals surface area contributed by atoms with Gasteiger partial charge >= 0.3 is 0 Å². The Morgan fingerprint density at radius 1 is 0.868 bits per heavy atom. The molecule has 0 spiro atoms. The first-order chi connectivity index (χ1) is 17.8. The zero-order valence-corrected chi connectivity index (χ0v) is 27.1. The molecule has 0 heterocycles. The van der Waals surface area contributed by atoms with Gasteiger partial charge in [-0.05, 0) is 122 Å². The van der Waals surface area contributed by atoms with E-state index in [0.29, 0.717) is 22.0 Å². The normalized spacial score (nSPS) is 41.3. The number of hydrogen-bond acceptors (Lipinski definition) is 2. The Morgan fingerprint density at radius 2 is 1.58 bits per heavy atom. The smallest absolute Gasteiger partial charge is 0.192 e. The van der Waals surface area contributed by atoms with Crippen molar-refractivity contribution in [1.29, 1.82) is 0 Å². The number of ether oxygens (including phenoxy) is 1. The molecule has 0 radical (unpaired) electrons. The quantitative estimate of drug-likeness (QED) is 0.322. The van der Waals surface area contributed by atoms with E-state index in [9.17, 15) is 0 Å². The van der Waals surface area contributed by atoms with Crippen LogP contribution in [0.3, 0.4) is 0 Å². The minimum Gasteiger partial charge on any atom is -0.413 e. The second kappa shape index (κ2) is 10.3. The van der Waals surface area contributed by atoms with E-state index in [1.807, 2.05) is 0 Å². The lowest BCUT2D eigenvalue weighted by Crippen LogP contribution is -2.57. The van der Waals surface area contributed by atoms with Crippen molar-refractivity contribution in [2.75, 3.05) is 6.61 Å². The topological polar surface area (TPSA) is 18.5 Å². The van der Waals surface area contributed by atoms with E-state index in [1.165, 1.54) is 63.4 Å². The van der Waals surface area contributed by atoms with E-state index in [0.717, 1.165) is 43.1 Å². The van der Waals surface area contributed by atoms with Gasteiger partial charge in [-0.15, -0.1) is 0 Å². The van der Waals surface area contributed by atoms with Gasteiger partial charge in [-0.2, -0.15) is 0 Å². The van der Waals surface area contributed by atoms with Crippen molar-refractivity contribution in [3.63, 3.8) is 0 Å². The fourth-order valence-corrected chi connectivity index (χ4v) is 11.1. The number of benzene rings is 1. The Hall–Kier alpha value is -0.643. The van der Waals surface area contributed by atoms with Gasteiger partial charge in [0.2, 0.25) is 0 Å². The van der Waals surface area contributed by atoms with Crippen LogP contribution < -0.4 is 0 Å². The van der Waals surface area contributed by atoms with Gasteiger partial charge in [0.25, 0.3) is 0 Å². The van der Waals surface area contributed by atoms with Crippen molar-refractivity contribution in [2.45, 2.75) is 142 Å². The second-order valence-electron chi connectivity index (χ2n) is 16.0. The molecule has 4 aliphatic carbocycles. The van der Waals surface area contributed by atoms with Crippen LogP contribution in [0.5, 0.6) is 0 Å². The molecule has 4 aliphatic rings. The molecule has 0 amide bonds. The molecule has 214 valence electrons. The number of hydrogen-bond donors (Lipinski definition) is 0. The molecule has 4 fully saturated rings. The molecule has 38 heavy (non-hydrogen) atoms. The standard InChI is InChI=1S/C35H58O2Si/c1-9-23-36-35(24-26-13-11-10-12-14-26)22-21-33(5)27(25-35)15-16-28-29-17-18-31(34(29,6)20-19-30(28)33)37-38(7,8)32(2,3)4/h10-14,27-31H,9,15-25H2,1-8H3/t27?,28-,29-,30-,31-,33-,34-,35-/m0/s1. The molecule has 4 saturated carbocycles. The van der Waals surface area contributed by atoms with Crippen molar-refractivity contribution in [3.05, 3.63) is 35.9 Å². The molecule has 0 aromatic heterocycles. The molecule has 1 aromatic carbocycles. The summed E-state index contributed by atoms with van der Waals surface area (Å²) >= 11 is 0. The highest BCUT2D eigenvalue weighted by molar-refractivity contribution is 6.74. The van der Waals surface area contributed by atoms with Crippen LogP contribution in [0.1, 0.15) is 111 Å². The van der Waals surface area contributed by atoms with Crippen LogP contribution >= 0.6 is 0 Å². The summed E-state index contributed by atoms with van der Waals surface area (Å²) in [6.45, 7) is 20.6. The maximum Gasteiger partial charge on any atom is 0.192 e. The van der Waals surface area contributed by atoms with Gasteiger partial charge in [-0.3, -0.25) is 0 Å². The van der Waals surface area contributed by atoms with Crippen LogP contribution in [0, 0.1) is 34.5 Å². The predicted molar refractivity (Wildman–Crippen MR) is 163 cm³/mol. The van der Waals surface area contributed by atoms with E-state index in [-0.39, 0.29) is 5.60 Å². The number of rotatable bonds is 7. The molecule has 0 bridgehead atoms. The van der Waals surface area contributed by atoms with E-state index in [2.05, 4.69) is 85.0 Å². The fraction of sp³-hybridized carbons (Fsp3) is 0.829. The molecule has 0 saturated heterocycles. The van der Waals surface area contributed by atoms with Crippen molar-refractivity contribution in [1.82, 2.24) is 0 Å². The number of fused-ring (bicyclic) bond motifs is 5. The first kappa shape index (κ1) is 28.9. The summed E-state index contributed by atoms with van der Waals surface area (Å²) in [4.78, 5) is 0. The molecule has 3 heteroatoms. The molecule has 0 N–H and O–H groups in total. The lowest BCUT2D eigenvalue weighted by molar-refractivity contribution is -0.169. The zero-order chi connectivity index (χ0) is 27.4. The highest BCUT2D eigenvalue weighted by Gasteiger charge is 2.62. The van der Waals surface area contributed by atoms with Gasteiger partial charge in [0, 0.05) is 13.0 Å². The van der Waals surface area contributed by atoms with Crippen LogP contribution in [0.4, 0.5) is 0 Å². The molecule has 8 atom stereocenters. The SMILES string of the molecule is CCCO[C@]1(Cc2ccccc2)CC[C@@]2(C)C(CC[C@H]3[C@@H]4CC[C@H](O[Si](C)(C)C(C)(C)C)[C@@]4(C)CC[C@@H]32)C1. The van der Waals surface area contributed by atoms with E-state index in [4.69, 9.17) is 9.16 Å². The minimum absolute atomic E-state index is 0.0347. The lowest BCUT2D eigenvalue weighted by atomic mass is 9.44. The van der Waals surface area contributed by atoms with Crippen LogP contribution in [0.15, 0.2) is 30.3 Å². The predicted octanol–water partition coefficient (Wildman–Crippen LogP) is 9.83. The zero-order valence-electron chi connectivity index (χ0n) is 26.1. The van der Waals surface area contributed by atoms with E-state index in [1.54, 1.807) is 0 Å². The van der Waals surface area contributed by atoms with Crippen LogP contribution in [0.2, 0.25) is 18.1 Å². The van der Waals surface area contributed by atoms with Gasteiger partial charge in [-0.25, -0.2) is 0 Å². The Morgan fingerprint density at radius 3 is 2.26 bits per heavy atom. The maximum absolute atomic E-state index is 7.19. The average molecular weight is 539 g/mol. The molecular formula is C35H58O2Si. The summed E-state index contributed by atoms with van der Waals surface area (Å²) in [5.74, 6) is 3.47. The highest BCUT2D eigenvalue weighted by atomic mass is 28.4. The fourth-order valence-electron chi connectivity index (χ4n) is 9.62. The Bertz CT molecular complexity index is 952. The molecular weight excluding hydrogens is 480 g/mol. The summed E-state index contributed by atoms with van der Waals surface area (Å²) in [5.41, 5.74) is 2.36. The Labute approximate surface area is 236 Å². The van der Waals surface area contributed by atoms with Gasteiger partial charge in [0.05, 0.1) is 11.7 Å². The van der Waals surface area contributed by atoms with Crippen LogP contribution in [-0.2, 0) is 15.6 Å². The van der Waals surface area contributed by atoms with Crippen molar-refractivity contribution < 1.29 is 9.16 Å². The third kappa shape index (κ3) is 5.00. The molecule has 5 rings (SSSR count). The Kier molecular flexibility index (Phi) is 7.84. The first-order valence-electron chi connectivity index (χ1n) is 16.2. The van der Waals surface area contributed by atoms with E-state index >= 15 is 0 Å². The molecule has 2 nitrogen and oxygen atoms in total. The lowest BCUT2D eigenvalue weighted by Gasteiger charge is -2.62. The Balaban J connectivity index is 1.33. The van der Waals surface area contributed by atoms with Gasteiger partial charge in [0.15, 0.2) is 8.32 Å². The molecule has 0 aliphatic heterocycles. The van der Waals surface area contributed by atoms with Gasteiger partial charge in [0.1, 0.15) is 0 Å². The molecule has 1 unspecified atom stereocenters. The van der Waals surface area contributed by atoms with Gasteiger partial charge in [-0.1, -0.05) is 71.9 Å². The van der Waals surface area contributed by atoms with Crippen LogP contribution in [-0.4, -0.2) is 26.6 Å². The summed E-state index contributed by atoms with van der Waals surface area (Å²) in [7, 11) is -1.75. The van der Waals surface area contributed by atoms with Crippen molar-refractivity contribution in [3.8, 4) is 0 Å². The van der Waals surface area contributed by atoms with Crippen molar-refractivity contribution in [2.24, 2.45) is 34.5 Å². The first-order valence-corrected chi connectivity index (χ1v) is 19.1. The maximum atomic E-state index is 7.19.